The molecule has 0 aliphatic carbocycles. The molecule has 2 aromatic heterocycles. The van der Waals surface area contributed by atoms with Crippen LogP contribution in [0.3, 0.4) is 0 Å². The Kier molecular flexibility index (Phi) is 7.50. The number of aromatic amines is 1. The Morgan fingerprint density at radius 1 is 1.09 bits per heavy atom. The zero-order valence-corrected chi connectivity index (χ0v) is 17.7. The standard InChI is InChI=1S/C20H19N7O2.C2H4O2/c21-20-22-9-7-17(25-20)23-14-5-6-16-15(11-14)18(27-26-16)19(29)24-13-3-1-12(2-4-13)8-10-28;1-2(3)4/h1-7,9,11,28H,8,10H2,(H,24,29)(H,26,27)(H3,21,22,23,25);1H3,(H,3,4). The van der Waals surface area contributed by atoms with E-state index in [0.29, 0.717) is 23.3 Å². The SMILES string of the molecule is CC(=O)O.Nc1nccc(Nc2ccc3[nH]nc(C(=O)Nc4ccc(CCO)cc4)c3c2)n1. The van der Waals surface area contributed by atoms with Crippen molar-refractivity contribution in [3.63, 3.8) is 0 Å². The first kappa shape index (κ1) is 23.2. The maximum absolute atomic E-state index is 12.7. The van der Waals surface area contributed by atoms with Gasteiger partial charge in [-0.05, 0) is 48.4 Å². The molecule has 0 aliphatic heterocycles. The number of aliphatic hydroxyl groups is 1. The lowest BCUT2D eigenvalue weighted by molar-refractivity contribution is -0.134. The van der Waals surface area contributed by atoms with Crippen molar-refractivity contribution in [2.75, 3.05) is 23.0 Å². The molecule has 170 valence electrons. The number of aliphatic hydroxyl groups excluding tert-OH is 1. The molecule has 0 fully saturated rings. The Bertz CT molecular complexity index is 1250. The molecule has 4 aromatic rings. The highest BCUT2D eigenvalue weighted by molar-refractivity contribution is 6.11. The lowest BCUT2D eigenvalue weighted by Gasteiger charge is -2.07. The molecule has 0 radical (unpaired) electrons. The number of H-pyrrole nitrogens is 1. The van der Waals surface area contributed by atoms with E-state index < -0.39 is 5.97 Å². The first-order chi connectivity index (χ1) is 15.9. The summed E-state index contributed by atoms with van der Waals surface area (Å²) in [5, 5.41) is 30.1. The number of carboxylic acids is 1. The maximum Gasteiger partial charge on any atom is 0.300 e. The molecule has 0 unspecified atom stereocenters. The number of rotatable bonds is 6. The summed E-state index contributed by atoms with van der Waals surface area (Å²) in [5.74, 6) is -0.437. The normalized spacial score (nSPS) is 10.2. The number of nitrogens with zero attached hydrogens (tertiary/aromatic N) is 3. The van der Waals surface area contributed by atoms with Crippen molar-refractivity contribution < 1.29 is 19.8 Å². The average Bonchev–Trinajstić information content (AvgIpc) is 3.18. The highest BCUT2D eigenvalue weighted by Gasteiger charge is 2.15. The number of aliphatic carboxylic acids is 1. The Morgan fingerprint density at radius 2 is 1.79 bits per heavy atom. The Morgan fingerprint density at radius 3 is 2.45 bits per heavy atom. The van der Waals surface area contributed by atoms with Crippen LogP contribution < -0.4 is 16.4 Å². The Hall–Kier alpha value is -4.51. The van der Waals surface area contributed by atoms with Gasteiger partial charge in [0.05, 0.1) is 5.52 Å². The maximum atomic E-state index is 12.7. The van der Waals surface area contributed by atoms with Gasteiger partial charge in [-0.2, -0.15) is 10.1 Å². The number of anilines is 4. The van der Waals surface area contributed by atoms with Gasteiger partial charge < -0.3 is 26.6 Å². The summed E-state index contributed by atoms with van der Waals surface area (Å²) in [6.45, 7) is 1.17. The van der Waals surface area contributed by atoms with Gasteiger partial charge >= 0.3 is 0 Å². The highest BCUT2D eigenvalue weighted by atomic mass is 16.4. The molecule has 11 nitrogen and oxygen atoms in total. The number of benzene rings is 2. The van der Waals surface area contributed by atoms with Crippen molar-refractivity contribution in [1.29, 1.82) is 0 Å². The van der Waals surface area contributed by atoms with Gasteiger partial charge in [-0.1, -0.05) is 12.1 Å². The van der Waals surface area contributed by atoms with Crippen molar-refractivity contribution in [2.24, 2.45) is 0 Å². The van der Waals surface area contributed by atoms with Gasteiger partial charge in [-0.3, -0.25) is 14.7 Å². The molecule has 1 amide bonds. The monoisotopic (exact) mass is 449 g/mol. The first-order valence-corrected chi connectivity index (χ1v) is 9.90. The predicted octanol–water partition coefficient (Wildman–Crippen LogP) is 2.56. The first-order valence-electron chi connectivity index (χ1n) is 9.90. The van der Waals surface area contributed by atoms with Gasteiger partial charge in [-0.25, -0.2) is 4.98 Å². The zero-order valence-electron chi connectivity index (χ0n) is 17.7. The second kappa shape index (κ2) is 10.7. The molecule has 7 N–H and O–H groups in total. The Labute approximate surface area is 188 Å². The number of amides is 1. The fourth-order valence-electron chi connectivity index (χ4n) is 2.93. The van der Waals surface area contributed by atoms with E-state index in [1.807, 2.05) is 30.3 Å². The second-order valence-electron chi connectivity index (χ2n) is 6.90. The molecular weight excluding hydrogens is 426 g/mol. The van der Waals surface area contributed by atoms with E-state index >= 15 is 0 Å². The minimum atomic E-state index is -0.833. The summed E-state index contributed by atoms with van der Waals surface area (Å²) < 4.78 is 0. The predicted molar refractivity (Wildman–Crippen MR) is 124 cm³/mol. The summed E-state index contributed by atoms with van der Waals surface area (Å²) in [6, 6.07) is 14.5. The molecule has 2 heterocycles. The zero-order chi connectivity index (χ0) is 23.8. The molecule has 4 rings (SSSR count). The van der Waals surface area contributed by atoms with Gasteiger partial charge in [0.15, 0.2) is 5.69 Å². The third-order valence-corrected chi connectivity index (χ3v) is 4.34. The van der Waals surface area contributed by atoms with Crippen LogP contribution in [0.5, 0.6) is 0 Å². The molecule has 0 saturated heterocycles. The van der Waals surface area contributed by atoms with Gasteiger partial charge in [-0.15, -0.1) is 0 Å². The van der Waals surface area contributed by atoms with E-state index in [9.17, 15) is 4.79 Å². The molecular formula is C22H23N7O4. The number of nitrogen functional groups attached to an aromatic ring is 1. The van der Waals surface area contributed by atoms with Crippen LogP contribution in [0.1, 0.15) is 23.0 Å². The van der Waals surface area contributed by atoms with E-state index in [1.54, 1.807) is 24.4 Å². The summed E-state index contributed by atoms with van der Waals surface area (Å²) >= 11 is 0. The molecule has 0 atom stereocenters. The van der Waals surface area contributed by atoms with E-state index in [-0.39, 0.29) is 24.2 Å². The lowest BCUT2D eigenvalue weighted by atomic mass is 10.1. The molecule has 33 heavy (non-hydrogen) atoms. The van der Waals surface area contributed by atoms with Crippen LogP contribution in [-0.4, -0.2) is 48.9 Å². The number of nitrogens with one attached hydrogen (secondary N) is 3. The van der Waals surface area contributed by atoms with E-state index in [1.165, 1.54) is 0 Å². The molecule has 11 heteroatoms. The van der Waals surface area contributed by atoms with Crippen LogP contribution in [0.15, 0.2) is 54.7 Å². The topological polar surface area (TPSA) is 179 Å². The number of carbonyl (C=O) groups is 2. The summed E-state index contributed by atoms with van der Waals surface area (Å²) in [7, 11) is 0. The third-order valence-electron chi connectivity index (χ3n) is 4.34. The Balaban J connectivity index is 0.000000709. The molecule has 0 saturated carbocycles. The van der Waals surface area contributed by atoms with Crippen molar-refractivity contribution >= 4 is 45.9 Å². The molecule has 2 aromatic carbocycles. The van der Waals surface area contributed by atoms with Gasteiger partial charge in [0, 0.05) is 36.5 Å². The van der Waals surface area contributed by atoms with Gasteiger partial charge in [0.25, 0.3) is 11.9 Å². The van der Waals surface area contributed by atoms with Crippen LogP contribution >= 0.6 is 0 Å². The fraction of sp³-hybridized carbons (Fsp3) is 0.136. The number of hydrogen-bond donors (Lipinski definition) is 6. The van der Waals surface area contributed by atoms with Crippen molar-refractivity contribution in [3.05, 3.63) is 66.0 Å². The van der Waals surface area contributed by atoms with Crippen LogP contribution in [0, 0.1) is 0 Å². The van der Waals surface area contributed by atoms with E-state index in [2.05, 4.69) is 30.8 Å². The van der Waals surface area contributed by atoms with Crippen LogP contribution in [-0.2, 0) is 11.2 Å². The van der Waals surface area contributed by atoms with Crippen LogP contribution in [0.4, 0.5) is 23.1 Å². The second-order valence-corrected chi connectivity index (χ2v) is 6.90. The number of carbonyl (C=O) groups excluding carboxylic acids is 1. The number of fused-ring (bicyclic) bond motifs is 1. The highest BCUT2D eigenvalue weighted by Crippen LogP contribution is 2.24. The number of aromatic nitrogens is 4. The van der Waals surface area contributed by atoms with Crippen LogP contribution in [0.2, 0.25) is 0 Å². The smallest absolute Gasteiger partial charge is 0.300 e. The molecule has 0 spiro atoms. The van der Waals surface area contributed by atoms with Crippen molar-refractivity contribution in [3.8, 4) is 0 Å². The number of carboxylic acid groups (broad SMARTS) is 1. The largest absolute Gasteiger partial charge is 0.481 e. The van der Waals surface area contributed by atoms with Crippen LogP contribution in [0.25, 0.3) is 10.9 Å². The van der Waals surface area contributed by atoms with Crippen molar-refractivity contribution in [1.82, 2.24) is 20.2 Å². The third kappa shape index (κ3) is 6.48. The minimum absolute atomic E-state index is 0.0863. The molecule has 0 aliphatic rings. The average molecular weight is 449 g/mol. The van der Waals surface area contributed by atoms with E-state index in [4.69, 9.17) is 20.7 Å². The fourth-order valence-corrected chi connectivity index (χ4v) is 2.93. The minimum Gasteiger partial charge on any atom is -0.481 e. The van der Waals surface area contributed by atoms with Gasteiger partial charge in [0.2, 0.25) is 5.95 Å². The molecule has 0 bridgehead atoms. The summed E-state index contributed by atoms with van der Waals surface area (Å²) in [4.78, 5) is 29.7. The van der Waals surface area contributed by atoms with Crippen molar-refractivity contribution in [2.45, 2.75) is 13.3 Å². The quantitative estimate of drug-likeness (QED) is 0.258. The number of hydrogen-bond acceptors (Lipinski definition) is 8. The summed E-state index contributed by atoms with van der Waals surface area (Å²) in [6.07, 6.45) is 2.14. The lowest BCUT2D eigenvalue weighted by Crippen LogP contribution is -2.12. The van der Waals surface area contributed by atoms with Gasteiger partial charge in [0.1, 0.15) is 5.82 Å². The van der Waals surface area contributed by atoms with E-state index in [0.717, 1.165) is 23.7 Å². The summed E-state index contributed by atoms with van der Waals surface area (Å²) in [5.41, 5.74) is 9.01. The number of nitrogens with two attached hydrogens (primary N) is 1.